The first kappa shape index (κ1) is 15.6. The summed E-state index contributed by atoms with van der Waals surface area (Å²) in [7, 11) is 1.73. The molecule has 0 radical (unpaired) electrons. The molecule has 2 heterocycles. The fourth-order valence-corrected chi connectivity index (χ4v) is 2.95. The molecular formula is C16H17ClN4O2. The molecule has 0 saturated carbocycles. The molecule has 1 aliphatic rings. The van der Waals surface area contributed by atoms with Gasteiger partial charge in [0.15, 0.2) is 5.69 Å². The van der Waals surface area contributed by atoms with Crippen molar-refractivity contribution in [3.8, 4) is 0 Å². The van der Waals surface area contributed by atoms with Crippen LogP contribution in [0.1, 0.15) is 27.8 Å². The fourth-order valence-electron chi connectivity index (χ4n) is 2.71. The summed E-state index contributed by atoms with van der Waals surface area (Å²) in [4.78, 5) is 26.8. The van der Waals surface area contributed by atoms with E-state index in [0.29, 0.717) is 23.8 Å². The smallest absolute Gasteiger partial charge is 0.276 e. The van der Waals surface area contributed by atoms with Crippen molar-refractivity contribution in [3.63, 3.8) is 0 Å². The highest BCUT2D eigenvalue weighted by molar-refractivity contribution is 6.34. The van der Waals surface area contributed by atoms with Crippen LogP contribution >= 0.6 is 11.6 Å². The normalized spacial score (nSPS) is 18.0. The number of hydrogen-bond donors (Lipinski definition) is 1. The zero-order valence-electron chi connectivity index (χ0n) is 12.9. The van der Waals surface area contributed by atoms with Crippen LogP contribution in [0.3, 0.4) is 0 Å². The van der Waals surface area contributed by atoms with E-state index in [-0.39, 0.29) is 17.5 Å². The maximum absolute atomic E-state index is 12.9. The van der Waals surface area contributed by atoms with Crippen LogP contribution in [0.2, 0.25) is 5.02 Å². The van der Waals surface area contributed by atoms with E-state index in [0.717, 1.165) is 5.56 Å². The molecule has 1 aromatic carbocycles. The maximum atomic E-state index is 12.9. The van der Waals surface area contributed by atoms with E-state index in [4.69, 9.17) is 11.6 Å². The van der Waals surface area contributed by atoms with Crippen LogP contribution in [0.25, 0.3) is 0 Å². The fraction of sp³-hybridized carbons (Fsp3) is 0.312. The summed E-state index contributed by atoms with van der Waals surface area (Å²) in [5.41, 5.74) is 1.66. The molecule has 1 unspecified atom stereocenters. The van der Waals surface area contributed by atoms with Gasteiger partial charge in [-0.05, 0) is 12.5 Å². The van der Waals surface area contributed by atoms with Crippen molar-refractivity contribution in [2.24, 2.45) is 7.05 Å². The predicted octanol–water partition coefficient (Wildman–Crippen LogP) is 1.70. The number of aryl methyl sites for hydroxylation is 1. The molecule has 23 heavy (non-hydrogen) atoms. The quantitative estimate of drug-likeness (QED) is 0.910. The molecule has 6 nitrogen and oxygen atoms in total. The highest BCUT2D eigenvalue weighted by Gasteiger charge is 2.36. The number of carbonyl (C=O) groups is 2. The zero-order chi connectivity index (χ0) is 16.6. The molecule has 1 N–H and O–H groups in total. The second-order valence-electron chi connectivity index (χ2n) is 5.47. The Bertz CT molecular complexity index is 757. The molecule has 0 bridgehead atoms. The largest absolute Gasteiger partial charge is 0.352 e. The highest BCUT2D eigenvalue weighted by atomic mass is 35.5. The van der Waals surface area contributed by atoms with E-state index in [9.17, 15) is 9.59 Å². The molecule has 120 valence electrons. The Morgan fingerprint density at radius 1 is 1.35 bits per heavy atom. The lowest BCUT2D eigenvalue weighted by Gasteiger charge is -2.34. The third-order valence-corrected chi connectivity index (χ3v) is 4.50. The Labute approximate surface area is 139 Å². The van der Waals surface area contributed by atoms with Gasteiger partial charge in [-0.25, -0.2) is 0 Å². The summed E-state index contributed by atoms with van der Waals surface area (Å²) < 4.78 is 1.57. The van der Waals surface area contributed by atoms with Crippen molar-refractivity contribution in [2.45, 2.75) is 13.0 Å². The molecule has 3 rings (SSSR count). The van der Waals surface area contributed by atoms with Crippen LogP contribution in [-0.2, 0) is 11.8 Å². The van der Waals surface area contributed by atoms with Gasteiger partial charge in [0.1, 0.15) is 6.04 Å². The van der Waals surface area contributed by atoms with Gasteiger partial charge in [-0.1, -0.05) is 41.9 Å². The first-order chi connectivity index (χ1) is 11.0. The van der Waals surface area contributed by atoms with Crippen LogP contribution in [0.5, 0.6) is 0 Å². The minimum Gasteiger partial charge on any atom is -0.352 e. The van der Waals surface area contributed by atoms with Crippen LogP contribution in [0.4, 0.5) is 0 Å². The van der Waals surface area contributed by atoms with Crippen molar-refractivity contribution < 1.29 is 9.59 Å². The van der Waals surface area contributed by atoms with E-state index in [1.165, 1.54) is 4.90 Å². The Morgan fingerprint density at radius 2 is 2.04 bits per heavy atom. The molecule has 1 aromatic heterocycles. The van der Waals surface area contributed by atoms with E-state index in [1.54, 1.807) is 18.7 Å². The molecule has 1 atom stereocenters. The number of hydrogen-bond acceptors (Lipinski definition) is 3. The number of carbonyl (C=O) groups excluding carboxylic acids is 2. The van der Waals surface area contributed by atoms with Gasteiger partial charge in [-0.3, -0.25) is 14.3 Å². The summed E-state index contributed by atoms with van der Waals surface area (Å²) in [6.07, 6.45) is 0. The number of piperazine rings is 1. The maximum Gasteiger partial charge on any atom is 0.276 e. The van der Waals surface area contributed by atoms with Crippen molar-refractivity contribution in [2.75, 3.05) is 13.1 Å². The van der Waals surface area contributed by atoms with Gasteiger partial charge in [0.2, 0.25) is 5.91 Å². The molecule has 2 amide bonds. The third-order valence-electron chi connectivity index (χ3n) is 4.05. The molecular weight excluding hydrogens is 316 g/mol. The first-order valence-electron chi connectivity index (χ1n) is 7.33. The second-order valence-corrected chi connectivity index (χ2v) is 5.85. The number of nitrogens with one attached hydrogen (secondary N) is 1. The number of nitrogens with zero attached hydrogens (tertiary/aromatic N) is 3. The van der Waals surface area contributed by atoms with Crippen LogP contribution in [-0.4, -0.2) is 39.6 Å². The van der Waals surface area contributed by atoms with Gasteiger partial charge in [-0.2, -0.15) is 5.10 Å². The molecule has 2 aromatic rings. The van der Waals surface area contributed by atoms with Crippen molar-refractivity contribution >= 4 is 23.4 Å². The standard InChI is InChI=1S/C16H17ClN4O2/c1-10-12(17)13(19-20(10)2)16(23)21-9-8-18-15(22)14(21)11-6-4-3-5-7-11/h3-7,14H,8-9H2,1-2H3,(H,18,22). The second kappa shape index (κ2) is 6.04. The first-order valence-corrected chi connectivity index (χ1v) is 7.71. The van der Waals surface area contributed by atoms with Crippen LogP contribution in [0.15, 0.2) is 30.3 Å². The number of amides is 2. The van der Waals surface area contributed by atoms with E-state index < -0.39 is 6.04 Å². The van der Waals surface area contributed by atoms with Gasteiger partial charge in [0.05, 0.1) is 10.7 Å². The minimum absolute atomic E-state index is 0.183. The monoisotopic (exact) mass is 332 g/mol. The Hall–Kier alpha value is -2.34. The predicted molar refractivity (Wildman–Crippen MR) is 86.2 cm³/mol. The lowest BCUT2D eigenvalue weighted by atomic mass is 10.0. The van der Waals surface area contributed by atoms with Gasteiger partial charge in [-0.15, -0.1) is 0 Å². The lowest BCUT2D eigenvalue weighted by molar-refractivity contribution is -0.128. The molecule has 0 spiro atoms. The summed E-state index contributed by atoms with van der Waals surface area (Å²) in [5.74, 6) is -0.526. The van der Waals surface area contributed by atoms with E-state index >= 15 is 0 Å². The van der Waals surface area contributed by atoms with Gasteiger partial charge in [0.25, 0.3) is 5.91 Å². The summed E-state index contributed by atoms with van der Waals surface area (Å²) >= 11 is 6.23. The van der Waals surface area contributed by atoms with Crippen molar-refractivity contribution in [3.05, 3.63) is 52.3 Å². The summed E-state index contributed by atoms with van der Waals surface area (Å²) in [6, 6.07) is 8.56. The number of rotatable bonds is 2. The molecule has 1 aliphatic heterocycles. The zero-order valence-corrected chi connectivity index (χ0v) is 13.7. The Balaban J connectivity index is 2.00. The Morgan fingerprint density at radius 3 is 2.65 bits per heavy atom. The Kier molecular flexibility index (Phi) is 4.09. The van der Waals surface area contributed by atoms with Crippen molar-refractivity contribution in [1.82, 2.24) is 20.0 Å². The lowest BCUT2D eigenvalue weighted by Crippen LogP contribution is -2.52. The SMILES string of the molecule is Cc1c(Cl)c(C(=O)N2CCNC(=O)C2c2ccccc2)nn1C. The van der Waals surface area contributed by atoms with Gasteiger partial charge in [0, 0.05) is 20.1 Å². The number of aromatic nitrogens is 2. The molecule has 0 aliphatic carbocycles. The van der Waals surface area contributed by atoms with Crippen LogP contribution < -0.4 is 5.32 Å². The average Bonchev–Trinajstić information content (AvgIpc) is 2.82. The van der Waals surface area contributed by atoms with E-state index in [1.807, 2.05) is 30.3 Å². The van der Waals surface area contributed by atoms with Gasteiger partial charge >= 0.3 is 0 Å². The topological polar surface area (TPSA) is 67.2 Å². The number of halogens is 1. The van der Waals surface area contributed by atoms with E-state index in [2.05, 4.69) is 10.4 Å². The molecule has 1 fully saturated rings. The van der Waals surface area contributed by atoms with Crippen LogP contribution in [0, 0.1) is 6.92 Å². The highest BCUT2D eigenvalue weighted by Crippen LogP contribution is 2.27. The third kappa shape index (κ3) is 2.70. The molecule has 1 saturated heterocycles. The average molecular weight is 333 g/mol. The minimum atomic E-state index is -0.671. The summed E-state index contributed by atoms with van der Waals surface area (Å²) in [5, 5.41) is 7.34. The number of benzene rings is 1. The summed E-state index contributed by atoms with van der Waals surface area (Å²) in [6.45, 7) is 2.62. The van der Waals surface area contributed by atoms with Gasteiger partial charge < -0.3 is 10.2 Å². The van der Waals surface area contributed by atoms with Crippen molar-refractivity contribution in [1.29, 1.82) is 0 Å². The molecule has 7 heteroatoms.